The summed E-state index contributed by atoms with van der Waals surface area (Å²) in [6.45, 7) is 1.18. The molecule has 0 spiro atoms. The molecular weight excluding hydrogens is 349 g/mol. The predicted octanol–water partition coefficient (Wildman–Crippen LogP) is 4.37. The highest BCUT2D eigenvalue weighted by atomic mass is 35.5. The number of benzene rings is 1. The number of aryl methyl sites for hydroxylation is 1. The Morgan fingerprint density at radius 2 is 1.92 bits per heavy atom. The summed E-state index contributed by atoms with van der Waals surface area (Å²) < 4.78 is 45.8. The summed E-state index contributed by atoms with van der Waals surface area (Å²) in [6.07, 6.45) is -3.88. The Hall–Kier alpha value is -2.48. The number of aromatic nitrogens is 2. The van der Waals surface area contributed by atoms with Gasteiger partial charge in [-0.05, 0) is 37.3 Å². The first-order valence-corrected chi connectivity index (χ1v) is 6.96. The van der Waals surface area contributed by atoms with Crippen LogP contribution in [0, 0.1) is 0 Å². The van der Waals surface area contributed by atoms with Gasteiger partial charge >= 0.3 is 12.1 Å². The van der Waals surface area contributed by atoms with E-state index in [2.05, 4.69) is 5.10 Å². The largest absolute Gasteiger partial charge is 0.478 e. The molecule has 0 amide bonds. The molecule has 0 radical (unpaired) electrons. The van der Waals surface area contributed by atoms with E-state index in [4.69, 9.17) is 21.4 Å². The third-order valence-electron chi connectivity index (χ3n) is 3.02. The normalized spacial score (nSPS) is 12.3. The maximum Gasteiger partial charge on any atom is 0.435 e. The molecule has 2 aromatic rings. The van der Waals surface area contributed by atoms with Crippen LogP contribution in [-0.2, 0) is 18.0 Å². The molecule has 0 fully saturated rings. The van der Waals surface area contributed by atoms with Gasteiger partial charge in [0.2, 0.25) is 5.88 Å². The van der Waals surface area contributed by atoms with Crippen LogP contribution in [0.1, 0.15) is 18.2 Å². The number of carboxylic acids is 1. The summed E-state index contributed by atoms with van der Waals surface area (Å²) in [7, 11) is 1.27. The molecule has 1 aromatic carbocycles. The average Bonchev–Trinajstić information content (AvgIpc) is 2.78. The molecule has 0 atom stereocenters. The van der Waals surface area contributed by atoms with Gasteiger partial charge in [0, 0.05) is 17.6 Å². The lowest BCUT2D eigenvalue weighted by atomic mass is 10.1. The topological polar surface area (TPSA) is 64.4 Å². The van der Waals surface area contributed by atoms with Gasteiger partial charge in [0.15, 0.2) is 5.69 Å². The molecule has 1 aromatic heterocycles. The lowest BCUT2D eigenvalue weighted by molar-refractivity contribution is -0.141. The van der Waals surface area contributed by atoms with Crippen molar-refractivity contribution in [1.29, 1.82) is 0 Å². The smallest absolute Gasteiger partial charge is 0.435 e. The fraction of sp³-hybridized carbons (Fsp3) is 0.200. The van der Waals surface area contributed by atoms with Gasteiger partial charge in [-0.2, -0.15) is 18.3 Å². The quantitative estimate of drug-likeness (QED) is 0.822. The Labute approximate surface area is 139 Å². The Balaban J connectivity index is 2.57. The number of aliphatic carboxylic acids is 1. The molecule has 128 valence electrons. The summed E-state index contributed by atoms with van der Waals surface area (Å²) in [5, 5.41) is 12.8. The fourth-order valence-electron chi connectivity index (χ4n) is 1.88. The highest BCUT2D eigenvalue weighted by Gasteiger charge is 2.39. The molecule has 5 nitrogen and oxygen atoms in total. The molecule has 0 aliphatic carbocycles. The van der Waals surface area contributed by atoms with Crippen LogP contribution in [0.5, 0.6) is 11.6 Å². The van der Waals surface area contributed by atoms with Crippen LogP contribution < -0.4 is 4.74 Å². The van der Waals surface area contributed by atoms with Crippen molar-refractivity contribution in [2.45, 2.75) is 13.1 Å². The van der Waals surface area contributed by atoms with E-state index in [0.717, 1.165) is 10.8 Å². The zero-order chi connectivity index (χ0) is 18.1. The van der Waals surface area contributed by atoms with Crippen molar-refractivity contribution in [3.8, 4) is 11.6 Å². The zero-order valence-corrected chi connectivity index (χ0v) is 13.3. The zero-order valence-electron chi connectivity index (χ0n) is 12.6. The van der Waals surface area contributed by atoms with Gasteiger partial charge in [-0.3, -0.25) is 0 Å². The van der Waals surface area contributed by atoms with Gasteiger partial charge in [-0.15, -0.1) is 0 Å². The lowest BCUT2D eigenvalue weighted by Crippen LogP contribution is -2.08. The molecule has 0 bridgehead atoms. The summed E-state index contributed by atoms with van der Waals surface area (Å²) in [5.74, 6) is -1.34. The van der Waals surface area contributed by atoms with E-state index in [9.17, 15) is 18.0 Å². The van der Waals surface area contributed by atoms with E-state index in [1.54, 1.807) is 0 Å². The number of nitrogens with zero attached hydrogens (tertiary/aromatic N) is 2. The molecular formula is C15H12ClF3N2O3. The number of alkyl halides is 3. The molecule has 0 aliphatic rings. The minimum atomic E-state index is -4.76. The molecule has 2 rings (SSSR count). The first kappa shape index (κ1) is 17.9. The first-order chi connectivity index (χ1) is 11.1. The number of hydrogen-bond donors (Lipinski definition) is 1. The fourth-order valence-corrected chi connectivity index (χ4v) is 2.00. The van der Waals surface area contributed by atoms with E-state index < -0.39 is 23.4 Å². The predicted molar refractivity (Wildman–Crippen MR) is 81.0 cm³/mol. The van der Waals surface area contributed by atoms with Crippen molar-refractivity contribution in [2.24, 2.45) is 7.05 Å². The van der Waals surface area contributed by atoms with Crippen LogP contribution >= 0.6 is 11.6 Å². The molecule has 0 unspecified atom stereocenters. The van der Waals surface area contributed by atoms with Gasteiger partial charge in [0.25, 0.3) is 0 Å². The number of ether oxygens (including phenoxy) is 1. The lowest BCUT2D eigenvalue weighted by Gasteiger charge is -2.08. The Kier molecular flexibility index (Phi) is 4.88. The second kappa shape index (κ2) is 6.56. The highest BCUT2D eigenvalue weighted by molar-refractivity contribution is 6.30. The van der Waals surface area contributed by atoms with Crippen LogP contribution in [0.15, 0.2) is 29.8 Å². The number of carboxylic acid groups (broad SMARTS) is 1. The van der Waals surface area contributed by atoms with Gasteiger partial charge < -0.3 is 9.84 Å². The number of halogens is 4. The van der Waals surface area contributed by atoms with Gasteiger partial charge in [-0.25, -0.2) is 9.48 Å². The van der Waals surface area contributed by atoms with Crippen LogP contribution in [0.4, 0.5) is 13.2 Å². The average molecular weight is 361 g/mol. The van der Waals surface area contributed by atoms with Crippen LogP contribution in [-0.4, -0.2) is 20.9 Å². The second-order valence-electron chi connectivity index (χ2n) is 4.88. The third kappa shape index (κ3) is 3.88. The second-order valence-corrected chi connectivity index (χ2v) is 5.31. The van der Waals surface area contributed by atoms with Crippen molar-refractivity contribution in [3.05, 3.63) is 46.1 Å². The minimum absolute atomic E-state index is 0.231. The third-order valence-corrected chi connectivity index (χ3v) is 3.28. The van der Waals surface area contributed by atoms with E-state index in [1.807, 2.05) is 0 Å². The Bertz CT molecular complexity index is 796. The molecule has 24 heavy (non-hydrogen) atoms. The van der Waals surface area contributed by atoms with E-state index in [-0.39, 0.29) is 17.2 Å². The minimum Gasteiger partial charge on any atom is -0.478 e. The maximum atomic E-state index is 13.2. The van der Waals surface area contributed by atoms with Crippen LogP contribution in [0.25, 0.3) is 6.08 Å². The van der Waals surface area contributed by atoms with Crippen molar-refractivity contribution in [3.63, 3.8) is 0 Å². The molecule has 0 aliphatic heterocycles. The summed E-state index contributed by atoms with van der Waals surface area (Å²) >= 11 is 5.75. The SMILES string of the molecule is C/C(=C\c1c(C(F)(F)F)nn(C)c1Oc1ccc(Cl)cc1)C(=O)O. The maximum absolute atomic E-state index is 13.2. The Morgan fingerprint density at radius 1 is 1.33 bits per heavy atom. The van der Waals surface area contributed by atoms with Crippen LogP contribution in [0.3, 0.4) is 0 Å². The molecule has 9 heteroatoms. The summed E-state index contributed by atoms with van der Waals surface area (Å²) in [4.78, 5) is 10.9. The molecule has 1 N–H and O–H groups in total. The standard InChI is InChI=1S/C15H12ClF3N2O3/c1-8(14(22)23)7-11-12(15(17,18)19)20-21(2)13(11)24-10-5-3-9(16)4-6-10/h3-7H,1-2H3,(H,22,23)/b8-7+. The van der Waals surface area contributed by atoms with Crippen molar-refractivity contribution >= 4 is 23.6 Å². The molecule has 0 saturated heterocycles. The molecule has 0 saturated carbocycles. The number of rotatable bonds is 4. The monoisotopic (exact) mass is 360 g/mol. The van der Waals surface area contributed by atoms with E-state index in [0.29, 0.717) is 5.02 Å². The summed E-state index contributed by atoms with van der Waals surface area (Å²) in [5.41, 5.74) is -1.97. The van der Waals surface area contributed by atoms with Gasteiger partial charge in [0.1, 0.15) is 5.75 Å². The van der Waals surface area contributed by atoms with Crippen molar-refractivity contribution in [1.82, 2.24) is 9.78 Å². The Morgan fingerprint density at radius 3 is 2.42 bits per heavy atom. The number of hydrogen-bond acceptors (Lipinski definition) is 3. The van der Waals surface area contributed by atoms with E-state index >= 15 is 0 Å². The van der Waals surface area contributed by atoms with Crippen LogP contribution in [0.2, 0.25) is 5.02 Å². The summed E-state index contributed by atoms with van der Waals surface area (Å²) in [6, 6.07) is 5.96. The van der Waals surface area contributed by atoms with Crippen molar-refractivity contribution in [2.75, 3.05) is 0 Å². The van der Waals surface area contributed by atoms with Gasteiger partial charge in [0.05, 0.1) is 5.56 Å². The molecule has 1 heterocycles. The number of carbonyl (C=O) groups is 1. The van der Waals surface area contributed by atoms with E-state index in [1.165, 1.54) is 38.2 Å². The van der Waals surface area contributed by atoms with Crippen molar-refractivity contribution < 1.29 is 27.8 Å². The van der Waals surface area contributed by atoms with Gasteiger partial charge in [-0.1, -0.05) is 11.6 Å². The first-order valence-electron chi connectivity index (χ1n) is 6.59. The highest BCUT2D eigenvalue weighted by Crippen LogP contribution is 2.38.